The molecular formula is C23H24F3N3O3. The smallest absolute Gasteiger partial charge is 0.405 e. The number of anilines is 1. The van der Waals surface area contributed by atoms with E-state index in [0.717, 1.165) is 24.9 Å². The summed E-state index contributed by atoms with van der Waals surface area (Å²) >= 11 is 0. The van der Waals surface area contributed by atoms with E-state index in [-0.39, 0.29) is 24.4 Å². The van der Waals surface area contributed by atoms with Gasteiger partial charge in [-0.15, -0.1) is 13.2 Å². The SMILES string of the molecule is O=C(/C=C/c1ccccc1OC(F)(F)F)NCCC(=O)N1CCN(c2ccccc2)CC1. The molecule has 3 rings (SSSR count). The number of ether oxygens (including phenoxy) is 1. The van der Waals surface area contributed by atoms with Crippen molar-refractivity contribution in [2.45, 2.75) is 12.8 Å². The van der Waals surface area contributed by atoms with Crippen LogP contribution in [0.15, 0.2) is 60.7 Å². The number of nitrogens with one attached hydrogen (secondary N) is 1. The average Bonchev–Trinajstić information content (AvgIpc) is 2.78. The zero-order chi connectivity index (χ0) is 23.0. The standard InChI is InChI=1S/C23H24F3N3O3/c24-23(25,26)32-20-9-5-4-6-18(20)10-11-21(30)27-13-12-22(31)29-16-14-28(15-17-29)19-7-2-1-3-8-19/h1-11H,12-17H2,(H,27,30)/b11-10+. The molecule has 9 heteroatoms. The first kappa shape index (κ1) is 23.2. The van der Waals surface area contributed by atoms with Crippen molar-refractivity contribution < 1.29 is 27.5 Å². The molecule has 6 nitrogen and oxygen atoms in total. The molecule has 1 heterocycles. The summed E-state index contributed by atoms with van der Waals surface area (Å²) in [5.74, 6) is -0.951. The first-order chi connectivity index (χ1) is 15.3. The van der Waals surface area contributed by atoms with E-state index < -0.39 is 18.0 Å². The van der Waals surface area contributed by atoms with E-state index in [1.165, 1.54) is 30.3 Å². The van der Waals surface area contributed by atoms with Crippen molar-refractivity contribution in [1.29, 1.82) is 0 Å². The Balaban J connectivity index is 1.41. The van der Waals surface area contributed by atoms with Gasteiger partial charge in [0.15, 0.2) is 0 Å². The lowest BCUT2D eigenvalue weighted by atomic mass is 10.2. The molecule has 0 bridgehead atoms. The molecule has 1 N–H and O–H groups in total. The van der Waals surface area contributed by atoms with Crippen molar-refractivity contribution in [2.24, 2.45) is 0 Å². The van der Waals surface area contributed by atoms with Crippen LogP contribution in [0.2, 0.25) is 0 Å². The van der Waals surface area contributed by atoms with Crippen LogP contribution in [0.1, 0.15) is 12.0 Å². The van der Waals surface area contributed by atoms with Crippen molar-refractivity contribution in [3.63, 3.8) is 0 Å². The fourth-order valence-corrected chi connectivity index (χ4v) is 3.36. The van der Waals surface area contributed by atoms with Gasteiger partial charge >= 0.3 is 6.36 Å². The van der Waals surface area contributed by atoms with Crippen LogP contribution in [0, 0.1) is 0 Å². The Morgan fingerprint density at radius 1 is 0.969 bits per heavy atom. The third-order valence-corrected chi connectivity index (χ3v) is 4.95. The van der Waals surface area contributed by atoms with Gasteiger partial charge in [0.2, 0.25) is 11.8 Å². The Bertz CT molecular complexity index is 940. The van der Waals surface area contributed by atoms with Gasteiger partial charge in [0.25, 0.3) is 0 Å². The monoisotopic (exact) mass is 447 g/mol. The molecule has 0 saturated carbocycles. The second-order valence-corrected chi connectivity index (χ2v) is 7.16. The number of amides is 2. The minimum atomic E-state index is -4.82. The summed E-state index contributed by atoms with van der Waals surface area (Å²) in [6.07, 6.45) is -2.32. The summed E-state index contributed by atoms with van der Waals surface area (Å²) in [5, 5.41) is 2.58. The zero-order valence-electron chi connectivity index (χ0n) is 17.3. The summed E-state index contributed by atoms with van der Waals surface area (Å²) in [5.41, 5.74) is 1.24. The lowest BCUT2D eigenvalue weighted by Crippen LogP contribution is -2.49. The van der Waals surface area contributed by atoms with Crippen molar-refractivity contribution in [2.75, 3.05) is 37.6 Å². The maximum absolute atomic E-state index is 12.5. The molecule has 1 saturated heterocycles. The number of alkyl halides is 3. The molecule has 32 heavy (non-hydrogen) atoms. The minimum absolute atomic E-state index is 0.0501. The number of hydrogen-bond donors (Lipinski definition) is 1. The summed E-state index contributed by atoms with van der Waals surface area (Å²) in [4.78, 5) is 28.4. The molecule has 0 aliphatic carbocycles. The lowest BCUT2D eigenvalue weighted by Gasteiger charge is -2.36. The van der Waals surface area contributed by atoms with E-state index >= 15 is 0 Å². The average molecular weight is 447 g/mol. The van der Waals surface area contributed by atoms with E-state index in [2.05, 4.69) is 15.0 Å². The van der Waals surface area contributed by atoms with Crippen LogP contribution in [0.3, 0.4) is 0 Å². The molecule has 0 radical (unpaired) electrons. The number of halogens is 3. The van der Waals surface area contributed by atoms with Crippen LogP contribution in [0.25, 0.3) is 6.08 Å². The van der Waals surface area contributed by atoms with Gasteiger partial charge in [-0.05, 0) is 24.3 Å². The summed E-state index contributed by atoms with van der Waals surface area (Å²) in [6.45, 7) is 2.84. The second-order valence-electron chi connectivity index (χ2n) is 7.16. The highest BCUT2D eigenvalue weighted by Gasteiger charge is 2.31. The lowest BCUT2D eigenvalue weighted by molar-refractivity contribution is -0.274. The Labute approximate surface area is 184 Å². The van der Waals surface area contributed by atoms with Crippen LogP contribution >= 0.6 is 0 Å². The Hall–Kier alpha value is -3.49. The molecule has 0 aromatic heterocycles. The summed E-state index contributed by atoms with van der Waals surface area (Å²) in [7, 11) is 0. The van der Waals surface area contributed by atoms with Crippen LogP contribution < -0.4 is 15.0 Å². The maximum Gasteiger partial charge on any atom is 0.573 e. The van der Waals surface area contributed by atoms with Crippen LogP contribution in [-0.2, 0) is 9.59 Å². The molecule has 0 unspecified atom stereocenters. The highest BCUT2D eigenvalue weighted by molar-refractivity contribution is 5.92. The van der Waals surface area contributed by atoms with E-state index in [1.54, 1.807) is 4.90 Å². The van der Waals surface area contributed by atoms with Gasteiger partial charge in [-0.2, -0.15) is 0 Å². The molecule has 0 spiro atoms. The molecule has 2 aromatic carbocycles. The van der Waals surface area contributed by atoms with Crippen LogP contribution in [0.5, 0.6) is 5.75 Å². The molecule has 1 fully saturated rings. The van der Waals surface area contributed by atoms with E-state index in [4.69, 9.17) is 0 Å². The number of rotatable bonds is 7. The fourth-order valence-electron chi connectivity index (χ4n) is 3.36. The van der Waals surface area contributed by atoms with Crippen molar-refractivity contribution in [3.8, 4) is 5.75 Å². The third kappa shape index (κ3) is 7.04. The number of carbonyl (C=O) groups is 2. The molecular weight excluding hydrogens is 423 g/mol. The number of carbonyl (C=O) groups excluding carboxylic acids is 2. The number of benzene rings is 2. The Morgan fingerprint density at radius 3 is 2.31 bits per heavy atom. The number of para-hydroxylation sites is 2. The van der Waals surface area contributed by atoms with Gasteiger partial charge in [0, 0.05) is 56.5 Å². The first-order valence-electron chi connectivity index (χ1n) is 10.2. The topological polar surface area (TPSA) is 61.9 Å². The third-order valence-electron chi connectivity index (χ3n) is 4.95. The van der Waals surface area contributed by atoms with Crippen LogP contribution in [-0.4, -0.2) is 55.8 Å². The normalized spacial score (nSPS) is 14.5. The number of piperazine rings is 1. The number of nitrogens with zero attached hydrogens (tertiary/aromatic N) is 2. The molecule has 2 amide bonds. The van der Waals surface area contributed by atoms with Crippen LogP contribution in [0.4, 0.5) is 18.9 Å². The highest BCUT2D eigenvalue weighted by Crippen LogP contribution is 2.27. The van der Waals surface area contributed by atoms with Crippen molar-refractivity contribution in [1.82, 2.24) is 10.2 Å². The highest BCUT2D eigenvalue weighted by atomic mass is 19.4. The van der Waals surface area contributed by atoms with Gasteiger partial charge < -0.3 is 19.9 Å². The van der Waals surface area contributed by atoms with E-state index in [9.17, 15) is 22.8 Å². The predicted molar refractivity (Wildman–Crippen MR) is 115 cm³/mol. The predicted octanol–water partition coefficient (Wildman–Crippen LogP) is 3.45. The van der Waals surface area contributed by atoms with E-state index in [1.807, 2.05) is 30.3 Å². The quantitative estimate of drug-likeness (QED) is 0.661. The van der Waals surface area contributed by atoms with Gasteiger partial charge in [0.1, 0.15) is 5.75 Å². The van der Waals surface area contributed by atoms with Gasteiger partial charge in [-0.25, -0.2) is 0 Å². The van der Waals surface area contributed by atoms with Gasteiger partial charge in [0.05, 0.1) is 0 Å². The summed E-state index contributed by atoms with van der Waals surface area (Å²) in [6, 6.07) is 15.5. The maximum atomic E-state index is 12.5. The molecule has 170 valence electrons. The Morgan fingerprint density at radius 2 is 1.62 bits per heavy atom. The molecule has 0 atom stereocenters. The largest absolute Gasteiger partial charge is 0.573 e. The number of hydrogen-bond acceptors (Lipinski definition) is 4. The second kappa shape index (κ2) is 10.7. The minimum Gasteiger partial charge on any atom is -0.405 e. The van der Waals surface area contributed by atoms with Crippen molar-refractivity contribution in [3.05, 3.63) is 66.2 Å². The van der Waals surface area contributed by atoms with Gasteiger partial charge in [-0.1, -0.05) is 36.4 Å². The first-order valence-corrected chi connectivity index (χ1v) is 10.2. The molecule has 2 aromatic rings. The van der Waals surface area contributed by atoms with Gasteiger partial charge in [-0.3, -0.25) is 9.59 Å². The fraction of sp³-hybridized carbons (Fsp3) is 0.304. The van der Waals surface area contributed by atoms with E-state index in [0.29, 0.717) is 13.1 Å². The van der Waals surface area contributed by atoms with Crippen molar-refractivity contribution >= 4 is 23.6 Å². The Kier molecular flexibility index (Phi) is 7.75. The summed E-state index contributed by atoms with van der Waals surface area (Å²) < 4.78 is 41.3. The molecule has 1 aliphatic heterocycles. The molecule has 1 aliphatic rings. The zero-order valence-corrected chi connectivity index (χ0v) is 17.3.